The monoisotopic (exact) mass is 420 g/mol. The molecule has 1 fully saturated rings. The smallest absolute Gasteiger partial charge is 0.238 e. The highest BCUT2D eigenvalue weighted by molar-refractivity contribution is 8.00. The molecular formula is C24H21FN2O2S. The summed E-state index contributed by atoms with van der Waals surface area (Å²) in [6.45, 7) is 1.69. The first-order valence-electron chi connectivity index (χ1n) is 9.65. The van der Waals surface area contributed by atoms with Crippen molar-refractivity contribution in [1.29, 1.82) is 0 Å². The van der Waals surface area contributed by atoms with Crippen molar-refractivity contribution in [2.24, 2.45) is 0 Å². The molecule has 4 rings (SSSR count). The molecule has 1 saturated heterocycles. The predicted molar refractivity (Wildman–Crippen MR) is 119 cm³/mol. The molecule has 1 aliphatic rings. The van der Waals surface area contributed by atoms with Crippen LogP contribution in [0.3, 0.4) is 0 Å². The number of thioether (sulfide) groups is 1. The molecule has 0 saturated carbocycles. The lowest BCUT2D eigenvalue weighted by atomic mass is 10.1. The van der Waals surface area contributed by atoms with Gasteiger partial charge >= 0.3 is 0 Å². The van der Waals surface area contributed by atoms with Crippen molar-refractivity contribution in [3.63, 3.8) is 0 Å². The third-order valence-corrected chi connectivity index (χ3v) is 6.18. The fraction of sp³-hybridized carbons (Fsp3) is 0.167. The van der Waals surface area contributed by atoms with E-state index in [1.54, 1.807) is 24.0 Å². The third-order valence-electron chi connectivity index (χ3n) is 4.96. The zero-order valence-electron chi connectivity index (χ0n) is 16.5. The van der Waals surface area contributed by atoms with Crippen LogP contribution in [0, 0.1) is 12.7 Å². The Hall–Kier alpha value is -3.12. The molecule has 3 aromatic carbocycles. The first-order valence-corrected chi connectivity index (χ1v) is 10.7. The van der Waals surface area contributed by atoms with Gasteiger partial charge in [-0.1, -0.05) is 48.5 Å². The van der Waals surface area contributed by atoms with Gasteiger partial charge in [-0.15, -0.1) is 11.8 Å². The number of hydrogen-bond acceptors (Lipinski definition) is 3. The van der Waals surface area contributed by atoms with Crippen LogP contribution >= 0.6 is 11.8 Å². The Morgan fingerprint density at radius 3 is 2.67 bits per heavy atom. The van der Waals surface area contributed by atoms with Gasteiger partial charge in [-0.2, -0.15) is 0 Å². The van der Waals surface area contributed by atoms with Crippen molar-refractivity contribution in [3.8, 4) is 0 Å². The molecule has 1 aliphatic heterocycles. The average molecular weight is 421 g/mol. The van der Waals surface area contributed by atoms with E-state index < -0.39 is 0 Å². The van der Waals surface area contributed by atoms with Crippen LogP contribution in [0.2, 0.25) is 0 Å². The zero-order valence-corrected chi connectivity index (χ0v) is 17.3. The molecule has 2 amide bonds. The summed E-state index contributed by atoms with van der Waals surface area (Å²) >= 11 is 1.49. The lowest BCUT2D eigenvalue weighted by Gasteiger charge is -2.25. The maximum atomic E-state index is 14.1. The molecule has 152 valence electrons. The van der Waals surface area contributed by atoms with Gasteiger partial charge in [0.25, 0.3) is 0 Å². The van der Waals surface area contributed by atoms with Gasteiger partial charge in [0.2, 0.25) is 11.8 Å². The van der Waals surface area contributed by atoms with Crippen molar-refractivity contribution < 1.29 is 14.0 Å². The fourth-order valence-electron chi connectivity index (χ4n) is 3.44. The number of hydrogen-bond donors (Lipinski definition) is 1. The van der Waals surface area contributed by atoms with Gasteiger partial charge in [0.1, 0.15) is 11.2 Å². The summed E-state index contributed by atoms with van der Waals surface area (Å²) in [7, 11) is 0. The van der Waals surface area contributed by atoms with Crippen LogP contribution in [0.4, 0.5) is 15.8 Å². The SMILES string of the molecule is Cc1ccc(N2C(=O)CSC2c2cccc(NC(=O)Cc3ccccc3)c2)cc1F. The van der Waals surface area contributed by atoms with Crippen LogP contribution in [-0.4, -0.2) is 17.6 Å². The molecular weight excluding hydrogens is 399 g/mol. The minimum absolute atomic E-state index is 0.0632. The summed E-state index contributed by atoms with van der Waals surface area (Å²) in [6.07, 6.45) is 0.288. The largest absolute Gasteiger partial charge is 0.326 e. The van der Waals surface area contributed by atoms with E-state index in [9.17, 15) is 14.0 Å². The van der Waals surface area contributed by atoms with Crippen molar-refractivity contribution in [2.75, 3.05) is 16.0 Å². The Kier molecular flexibility index (Phi) is 5.86. The van der Waals surface area contributed by atoms with E-state index in [0.717, 1.165) is 11.1 Å². The zero-order chi connectivity index (χ0) is 21.1. The molecule has 1 unspecified atom stereocenters. The summed E-state index contributed by atoms with van der Waals surface area (Å²) in [4.78, 5) is 26.6. The van der Waals surface area contributed by atoms with E-state index >= 15 is 0 Å². The Labute approximate surface area is 179 Å². The molecule has 1 atom stereocenters. The number of benzene rings is 3. The summed E-state index contributed by atoms with van der Waals surface area (Å²) in [5, 5.41) is 2.65. The van der Waals surface area contributed by atoms with E-state index in [2.05, 4.69) is 5.32 Å². The minimum atomic E-state index is -0.335. The topological polar surface area (TPSA) is 49.4 Å². The molecule has 1 N–H and O–H groups in total. The molecule has 4 nitrogen and oxygen atoms in total. The van der Waals surface area contributed by atoms with Crippen LogP contribution in [0.15, 0.2) is 72.8 Å². The van der Waals surface area contributed by atoms with Crippen LogP contribution in [0.1, 0.15) is 22.1 Å². The van der Waals surface area contributed by atoms with Gasteiger partial charge in [0, 0.05) is 11.4 Å². The number of amides is 2. The number of halogens is 1. The third kappa shape index (κ3) is 4.39. The Balaban J connectivity index is 1.54. The molecule has 0 radical (unpaired) electrons. The molecule has 0 spiro atoms. The number of nitrogens with one attached hydrogen (secondary N) is 1. The van der Waals surface area contributed by atoms with Crippen molar-refractivity contribution in [3.05, 3.63) is 95.3 Å². The second-order valence-corrected chi connectivity index (χ2v) is 8.27. The number of carbonyl (C=O) groups is 2. The number of rotatable bonds is 5. The van der Waals surface area contributed by atoms with Crippen LogP contribution < -0.4 is 10.2 Å². The number of aryl methyl sites for hydroxylation is 1. The fourth-order valence-corrected chi connectivity index (χ4v) is 4.60. The maximum Gasteiger partial charge on any atom is 0.238 e. The molecule has 0 aliphatic carbocycles. The summed E-state index contributed by atoms with van der Waals surface area (Å²) in [5.41, 5.74) is 3.57. The normalized spacial score (nSPS) is 16.0. The van der Waals surface area contributed by atoms with Crippen molar-refractivity contribution in [1.82, 2.24) is 0 Å². The highest BCUT2D eigenvalue weighted by atomic mass is 32.2. The van der Waals surface area contributed by atoms with Crippen LogP contribution in [0.5, 0.6) is 0 Å². The van der Waals surface area contributed by atoms with E-state index in [1.165, 1.54) is 17.8 Å². The van der Waals surface area contributed by atoms with E-state index in [-0.39, 0.29) is 29.4 Å². The summed E-state index contributed by atoms with van der Waals surface area (Å²) in [5.74, 6) is -0.180. The molecule has 0 bridgehead atoms. The van der Waals surface area contributed by atoms with Crippen LogP contribution in [-0.2, 0) is 16.0 Å². The van der Waals surface area contributed by atoms with Crippen molar-refractivity contribution >= 4 is 35.0 Å². The average Bonchev–Trinajstić information content (AvgIpc) is 3.12. The second kappa shape index (κ2) is 8.71. The number of anilines is 2. The Morgan fingerprint density at radius 1 is 1.10 bits per heavy atom. The van der Waals surface area contributed by atoms with Gasteiger partial charge in [-0.05, 0) is 47.9 Å². The number of carbonyl (C=O) groups excluding carboxylic acids is 2. The molecule has 30 heavy (non-hydrogen) atoms. The summed E-state index contributed by atoms with van der Waals surface area (Å²) in [6, 6.07) is 21.9. The van der Waals surface area contributed by atoms with E-state index in [4.69, 9.17) is 0 Å². The molecule has 6 heteroatoms. The van der Waals surface area contributed by atoms with Gasteiger partial charge in [0.15, 0.2) is 0 Å². The van der Waals surface area contributed by atoms with E-state index in [0.29, 0.717) is 22.7 Å². The van der Waals surface area contributed by atoms with Gasteiger partial charge in [0.05, 0.1) is 12.2 Å². The van der Waals surface area contributed by atoms with E-state index in [1.807, 2.05) is 54.6 Å². The first kappa shape index (κ1) is 20.2. The van der Waals surface area contributed by atoms with Gasteiger partial charge < -0.3 is 5.32 Å². The van der Waals surface area contributed by atoms with Gasteiger partial charge in [-0.25, -0.2) is 4.39 Å². The molecule has 1 heterocycles. The molecule has 3 aromatic rings. The Morgan fingerprint density at radius 2 is 1.90 bits per heavy atom. The lowest BCUT2D eigenvalue weighted by molar-refractivity contribution is -0.116. The van der Waals surface area contributed by atoms with Gasteiger partial charge in [-0.3, -0.25) is 14.5 Å². The lowest BCUT2D eigenvalue weighted by Crippen LogP contribution is -2.28. The molecule has 0 aromatic heterocycles. The second-order valence-electron chi connectivity index (χ2n) is 7.20. The first-order chi connectivity index (χ1) is 14.5. The minimum Gasteiger partial charge on any atom is -0.326 e. The maximum absolute atomic E-state index is 14.1. The predicted octanol–water partition coefficient (Wildman–Crippen LogP) is 5.09. The summed E-state index contributed by atoms with van der Waals surface area (Å²) < 4.78 is 14.1. The Bertz CT molecular complexity index is 1090. The quantitative estimate of drug-likeness (QED) is 0.625. The van der Waals surface area contributed by atoms with Crippen molar-refractivity contribution in [2.45, 2.75) is 18.7 Å². The highest BCUT2D eigenvalue weighted by Crippen LogP contribution is 2.42. The van der Waals surface area contributed by atoms with Crippen LogP contribution in [0.25, 0.3) is 0 Å². The standard InChI is InChI=1S/C24H21FN2O2S/c1-16-10-11-20(14-21(16)25)27-23(29)15-30-24(27)18-8-5-9-19(13-18)26-22(28)12-17-6-3-2-4-7-17/h2-11,13-14,24H,12,15H2,1H3,(H,26,28). The highest BCUT2D eigenvalue weighted by Gasteiger charge is 2.34. The number of nitrogens with zero attached hydrogens (tertiary/aromatic N) is 1.